The molecule has 0 radical (unpaired) electrons. The van der Waals surface area contributed by atoms with Crippen LogP contribution in [0.2, 0.25) is 0 Å². The van der Waals surface area contributed by atoms with E-state index in [9.17, 15) is 0 Å². The van der Waals surface area contributed by atoms with Crippen molar-refractivity contribution >= 4 is 0 Å². The zero-order valence-corrected chi connectivity index (χ0v) is 12.5. The molecule has 0 amide bonds. The Labute approximate surface area is 112 Å². The first-order valence-electron chi connectivity index (χ1n) is 7.40. The molecule has 0 aromatic carbocycles. The highest BCUT2D eigenvalue weighted by molar-refractivity contribution is 5.03. The Balaban J connectivity index is 2.10. The molecule has 3 nitrogen and oxygen atoms in total. The SMILES string of the molecule is COC1CN(C2(CN)CCC(C)(C)C2)CCC1C. The summed E-state index contributed by atoms with van der Waals surface area (Å²) in [7, 11) is 1.85. The molecule has 1 saturated heterocycles. The minimum absolute atomic E-state index is 0.237. The van der Waals surface area contributed by atoms with Crippen LogP contribution in [0.1, 0.15) is 46.5 Å². The molecule has 0 bridgehead atoms. The number of hydrogen-bond acceptors (Lipinski definition) is 3. The second kappa shape index (κ2) is 5.10. The highest BCUT2D eigenvalue weighted by Gasteiger charge is 2.47. The van der Waals surface area contributed by atoms with Crippen LogP contribution in [-0.4, -0.2) is 43.3 Å². The van der Waals surface area contributed by atoms with E-state index < -0.39 is 0 Å². The van der Waals surface area contributed by atoms with Gasteiger partial charge in [0.05, 0.1) is 6.10 Å². The van der Waals surface area contributed by atoms with Gasteiger partial charge in [-0.25, -0.2) is 0 Å². The Bertz CT molecular complexity index is 292. The van der Waals surface area contributed by atoms with E-state index in [0.29, 0.717) is 17.4 Å². The molecule has 2 N–H and O–H groups in total. The fourth-order valence-electron chi connectivity index (χ4n) is 3.98. The fourth-order valence-corrected chi connectivity index (χ4v) is 3.98. The Morgan fingerprint density at radius 3 is 2.56 bits per heavy atom. The summed E-state index contributed by atoms with van der Waals surface area (Å²) in [5.74, 6) is 0.676. The molecule has 3 heteroatoms. The monoisotopic (exact) mass is 254 g/mol. The first-order chi connectivity index (χ1) is 8.42. The van der Waals surface area contributed by atoms with Crippen molar-refractivity contribution in [1.82, 2.24) is 4.90 Å². The molecular weight excluding hydrogens is 224 g/mol. The Morgan fingerprint density at radius 1 is 1.33 bits per heavy atom. The summed E-state index contributed by atoms with van der Waals surface area (Å²) < 4.78 is 5.65. The Hall–Kier alpha value is -0.120. The van der Waals surface area contributed by atoms with Gasteiger partial charge in [-0.05, 0) is 43.6 Å². The number of ether oxygens (including phenoxy) is 1. The third-order valence-corrected chi connectivity index (χ3v) is 5.32. The third-order valence-electron chi connectivity index (χ3n) is 5.32. The number of methoxy groups -OCH3 is 1. The van der Waals surface area contributed by atoms with Crippen molar-refractivity contribution < 1.29 is 4.74 Å². The number of nitrogens with zero attached hydrogens (tertiary/aromatic N) is 1. The summed E-state index contributed by atoms with van der Waals surface area (Å²) in [4.78, 5) is 2.63. The predicted octanol–water partition coefficient (Wildman–Crippen LogP) is 2.25. The molecule has 2 fully saturated rings. The van der Waals surface area contributed by atoms with E-state index in [-0.39, 0.29) is 5.54 Å². The fraction of sp³-hybridized carbons (Fsp3) is 1.00. The summed E-state index contributed by atoms with van der Waals surface area (Å²) in [6.07, 6.45) is 5.41. The number of piperidine rings is 1. The van der Waals surface area contributed by atoms with E-state index in [1.807, 2.05) is 7.11 Å². The molecular formula is C15H30N2O. The van der Waals surface area contributed by atoms with Gasteiger partial charge in [-0.1, -0.05) is 20.8 Å². The molecule has 18 heavy (non-hydrogen) atoms. The molecule has 2 aliphatic rings. The van der Waals surface area contributed by atoms with Gasteiger partial charge in [0, 0.05) is 25.7 Å². The molecule has 0 spiro atoms. The quantitative estimate of drug-likeness (QED) is 0.839. The standard InChI is InChI=1S/C15H30N2O/c1-12-5-8-17(9-13(12)18-4)15(11-16)7-6-14(2,3)10-15/h12-13H,5-11,16H2,1-4H3. The summed E-state index contributed by atoms with van der Waals surface area (Å²) in [5, 5.41) is 0. The van der Waals surface area contributed by atoms with E-state index in [2.05, 4.69) is 25.7 Å². The molecule has 2 rings (SSSR count). The van der Waals surface area contributed by atoms with Gasteiger partial charge in [0.15, 0.2) is 0 Å². The second-order valence-electron chi connectivity index (χ2n) is 7.26. The van der Waals surface area contributed by atoms with Crippen LogP contribution in [0, 0.1) is 11.3 Å². The minimum Gasteiger partial charge on any atom is -0.380 e. The van der Waals surface area contributed by atoms with Gasteiger partial charge >= 0.3 is 0 Å². The van der Waals surface area contributed by atoms with E-state index in [1.165, 1.54) is 32.2 Å². The number of likely N-dealkylation sites (tertiary alicyclic amines) is 1. The first-order valence-corrected chi connectivity index (χ1v) is 7.40. The maximum absolute atomic E-state index is 6.16. The van der Waals surface area contributed by atoms with E-state index in [1.54, 1.807) is 0 Å². The molecule has 1 aliphatic heterocycles. The average Bonchev–Trinajstić information content (AvgIpc) is 2.67. The number of hydrogen-bond donors (Lipinski definition) is 1. The zero-order chi connectivity index (χ0) is 13.4. The average molecular weight is 254 g/mol. The lowest BCUT2D eigenvalue weighted by atomic mass is 9.84. The lowest BCUT2D eigenvalue weighted by molar-refractivity contribution is -0.0453. The normalized spacial score (nSPS) is 41.2. The topological polar surface area (TPSA) is 38.5 Å². The van der Waals surface area contributed by atoms with Crippen molar-refractivity contribution in [2.45, 2.75) is 58.1 Å². The van der Waals surface area contributed by atoms with Crippen LogP contribution in [0.5, 0.6) is 0 Å². The van der Waals surface area contributed by atoms with Gasteiger partial charge in [0.1, 0.15) is 0 Å². The Kier molecular flexibility index (Phi) is 4.05. The molecule has 3 unspecified atom stereocenters. The lowest BCUT2D eigenvalue weighted by Gasteiger charge is -2.47. The molecule has 1 saturated carbocycles. The number of rotatable bonds is 3. The van der Waals surface area contributed by atoms with E-state index >= 15 is 0 Å². The van der Waals surface area contributed by atoms with Crippen LogP contribution in [0.15, 0.2) is 0 Å². The van der Waals surface area contributed by atoms with E-state index in [0.717, 1.165) is 13.1 Å². The maximum atomic E-state index is 6.16. The highest BCUT2D eigenvalue weighted by atomic mass is 16.5. The van der Waals surface area contributed by atoms with Crippen molar-refractivity contribution in [1.29, 1.82) is 0 Å². The molecule has 106 valence electrons. The highest BCUT2D eigenvalue weighted by Crippen LogP contribution is 2.47. The van der Waals surface area contributed by atoms with Gasteiger partial charge in [-0.3, -0.25) is 4.90 Å². The van der Waals surface area contributed by atoms with E-state index in [4.69, 9.17) is 10.5 Å². The van der Waals surface area contributed by atoms with Crippen LogP contribution in [-0.2, 0) is 4.74 Å². The van der Waals surface area contributed by atoms with Crippen LogP contribution < -0.4 is 5.73 Å². The van der Waals surface area contributed by atoms with Crippen molar-refractivity contribution in [2.75, 3.05) is 26.7 Å². The minimum atomic E-state index is 0.237. The van der Waals surface area contributed by atoms with Crippen molar-refractivity contribution in [2.24, 2.45) is 17.1 Å². The van der Waals surface area contributed by atoms with Gasteiger partial charge < -0.3 is 10.5 Å². The van der Waals surface area contributed by atoms with Gasteiger partial charge in [0.2, 0.25) is 0 Å². The van der Waals surface area contributed by atoms with Crippen molar-refractivity contribution in [3.63, 3.8) is 0 Å². The summed E-state index contributed by atoms with van der Waals surface area (Å²) >= 11 is 0. The van der Waals surface area contributed by atoms with Crippen LogP contribution in [0.25, 0.3) is 0 Å². The molecule has 0 aromatic heterocycles. The van der Waals surface area contributed by atoms with Crippen LogP contribution in [0.4, 0.5) is 0 Å². The number of nitrogens with two attached hydrogens (primary N) is 1. The summed E-state index contributed by atoms with van der Waals surface area (Å²) in [5.41, 5.74) is 6.85. The molecule has 0 aromatic rings. The van der Waals surface area contributed by atoms with Gasteiger partial charge in [0.25, 0.3) is 0 Å². The van der Waals surface area contributed by atoms with Crippen molar-refractivity contribution in [3.8, 4) is 0 Å². The lowest BCUT2D eigenvalue weighted by Crippen LogP contribution is -2.58. The van der Waals surface area contributed by atoms with Crippen LogP contribution >= 0.6 is 0 Å². The van der Waals surface area contributed by atoms with Crippen LogP contribution in [0.3, 0.4) is 0 Å². The van der Waals surface area contributed by atoms with Crippen molar-refractivity contribution in [3.05, 3.63) is 0 Å². The molecule has 1 aliphatic carbocycles. The summed E-state index contributed by atoms with van der Waals surface area (Å²) in [6, 6.07) is 0. The molecule has 1 heterocycles. The Morgan fingerprint density at radius 2 is 2.06 bits per heavy atom. The van der Waals surface area contributed by atoms with Gasteiger partial charge in [-0.2, -0.15) is 0 Å². The zero-order valence-electron chi connectivity index (χ0n) is 12.5. The maximum Gasteiger partial charge on any atom is 0.0724 e. The first kappa shape index (κ1) is 14.3. The summed E-state index contributed by atoms with van der Waals surface area (Å²) in [6.45, 7) is 10.1. The predicted molar refractivity (Wildman–Crippen MR) is 75.6 cm³/mol. The largest absolute Gasteiger partial charge is 0.380 e. The van der Waals surface area contributed by atoms with Gasteiger partial charge in [-0.15, -0.1) is 0 Å². The smallest absolute Gasteiger partial charge is 0.0724 e. The third kappa shape index (κ3) is 2.59. The molecule has 3 atom stereocenters. The second-order valence-corrected chi connectivity index (χ2v) is 7.26.